The highest BCUT2D eigenvalue weighted by Crippen LogP contribution is 2.57. The summed E-state index contributed by atoms with van der Waals surface area (Å²) in [6.45, 7) is 9.52. The fraction of sp³-hybridized carbons (Fsp3) is 0.484. The van der Waals surface area contributed by atoms with Gasteiger partial charge in [-0.3, -0.25) is 14.3 Å². The largest absolute Gasteiger partial charge is 0.491 e. The van der Waals surface area contributed by atoms with Gasteiger partial charge in [-0.1, -0.05) is 0 Å². The average molecular weight is 575 g/mol. The molecule has 2 aliphatic carbocycles. The molecule has 0 atom stereocenters. The van der Waals surface area contributed by atoms with Gasteiger partial charge < -0.3 is 25.6 Å². The van der Waals surface area contributed by atoms with Crippen LogP contribution < -0.4 is 20.5 Å². The first-order valence-corrected chi connectivity index (χ1v) is 14.4. The summed E-state index contributed by atoms with van der Waals surface area (Å²) in [5.41, 5.74) is 8.00. The van der Waals surface area contributed by atoms with Gasteiger partial charge in [0.15, 0.2) is 5.69 Å². The van der Waals surface area contributed by atoms with E-state index in [1.54, 1.807) is 30.6 Å². The van der Waals surface area contributed by atoms with Crippen molar-refractivity contribution in [2.75, 3.05) is 6.61 Å². The van der Waals surface area contributed by atoms with Gasteiger partial charge in [-0.05, 0) is 95.5 Å². The van der Waals surface area contributed by atoms with E-state index < -0.39 is 11.5 Å². The third-order valence-corrected chi connectivity index (χ3v) is 8.27. The van der Waals surface area contributed by atoms with Gasteiger partial charge in [-0.25, -0.2) is 4.52 Å². The number of fused-ring (bicyclic) bond motifs is 2. The molecule has 4 aromatic rings. The number of primary amides is 1. The van der Waals surface area contributed by atoms with Crippen LogP contribution in [0, 0.1) is 12.3 Å². The molecule has 11 heteroatoms. The number of amides is 2. The molecule has 2 saturated carbocycles. The van der Waals surface area contributed by atoms with E-state index in [1.807, 2.05) is 49.7 Å². The number of nitrogens with one attached hydrogen (secondary N) is 1. The van der Waals surface area contributed by atoms with E-state index >= 15 is 0 Å². The highest BCUT2D eigenvalue weighted by atomic mass is 16.5. The van der Waals surface area contributed by atoms with Crippen LogP contribution in [-0.2, 0) is 0 Å². The van der Waals surface area contributed by atoms with Gasteiger partial charge in [-0.15, -0.1) is 5.10 Å². The molecule has 1 aromatic carbocycles. The minimum absolute atomic E-state index is 0.0458. The molecular weight excluding hydrogens is 536 g/mol. The normalized spacial score (nSPS) is 21.9. The average Bonchev–Trinajstić information content (AvgIpc) is 3.42. The molecule has 2 amide bonds. The van der Waals surface area contributed by atoms with Crippen molar-refractivity contribution in [1.82, 2.24) is 24.7 Å². The van der Waals surface area contributed by atoms with Crippen LogP contribution in [0.1, 0.15) is 85.8 Å². The molecule has 6 rings (SSSR count). The Morgan fingerprint density at radius 2 is 1.88 bits per heavy atom. The van der Waals surface area contributed by atoms with Gasteiger partial charge in [0.25, 0.3) is 11.8 Å². The molecule has 3 aromatic heterocycles. The molecule has 0 radical (unpaired) electrons. The molecule has 0 saturated heterocycles. The fourth-order valence-electron chi connectivity index (χ4n) is 6.29. The van der Waals surface area contributed by atoms with E-state index in [2.05, 4.69) is 15.5 Å². The second kappa shape index (κ2) is 10.0. The van der Waals surface area contributed by atoms with Crippen LogP contribution in [0.2, 0.25) is 0 Å². The molecule has 2 aliphatic rings. The number of ether oxygens (including phenoxy) is 2. The van der Waals surface area contributed by atoms with E-state index in [0.717, 1.165) is 42.1 Å². The quantitative estimate of drug-likeness (QED) is 0.274. The summed E-state index contributed by atoms with van der Waals surface area (Å²) >= 11 is 0. The topological polar surface area (TPSA) is 146 Å². The highest BCUT2D eigenvalue weighted by Gasteiger charge is 2.54. The van der Waals surface area contributed by atoms with Crippen LogP contribution in [0.15, 0.2) is 36.5 Å². The Morgan fingerprint density at radius 3 is 2.55 bits per heavy atom. The molecule has 0 aliphatic heterocycles. The summed E-state index contributed by atoms with van der Waals surface area (Å²) in [5, 5.41) is 23.1. The number of nitrogens with two attached hydrogens (primary N) is 1. The summed E-state index contributed by atoms with van der Waals surface area (Å²) < 4.78 is 15.4. The number of hydrogen-bond acceptors (Lipinski definition) is 7. The number of benzene rings is 1. The van der Waals surface area contributed by atoms with Gasteiger partial charge in [0.2, 0.25) is 5.88 Å². The second-order valence-corrected chi connectivity index (χ2v) is 13.0. The summed E-state index contributed by atoms with van der Waals surface area (Å²) in [6, 6.07) is 9.42. The molecule has 3 heterocycles. The Kier molecular flexibility index (Phi) is 6.68. The monoisotopic (exact) mass is 574 g/mol. The van der Waals surface area contributed by atoms with Crippen LogP contribution >= 0.6 is 0 Å². The molecule has 222 valence electrons. The first-order chi connectivity index (χ1) is 19.8. The van der Waals surface area contributed by atoms with Gasteiger partial charge >= 0.3 is 0 Å². The van der Waals surface area contributed by atoms with Gasteiger partial charge in [0, 0.05) is 29.7 Å². The van der Waals surface area contributed by atoms with E-state index in [9.17, 15) is 14.7 Å². The van der Waals surface area contributed by atoms with E-state index in [-0.39, 0.29) is 42.0 Å². The number of carbonyl (C=O) groups is 2. The minimum Gasteiger partial charge on any atom is -0.491 e. The SMILES string of the molecule is Cc1ccn2nc(O[C@H]3CC4(C[C@H](NC(=O)c5nn(C(C)C)c6cc(OCC(C)(C)O)ccc56)C4)C3)c(C(N)=O)c2c1. The van der Waals surface area contributed by atoms with Gasteiger partial charge in [0.1, 0.15) is 24.0 Å². The van der Waals surface area contributed by atoms with E-state index in [0.29, 0.717) is 22.5 Å². The number of aryl methyl sites for hydroxylation is 1. The standard InChI is InChI=1S/C31H38N6O5/c1-17(2)37-23-11-20(41-16-30(4,5)40)6-7-22(23)26(34-37)28(39)33-19-12-31(13-19)14-21(15-31)42-29-25(27(32)38)24-10-18(3)8-9-36(24)35-29/h6-11,17,19,21,40H,12-16H2,1-5H3,(H2,32,38)(H,33,39)/t19-,21-,31?. The summed E-state index contributed by atoms with van der Waals surface area (Å²) in [7, 11) is 0. The Bertz CT molecular complexity index is 1680. The van der Waals surface area contributed by atoms with Crippen LogP contribution in [0.4, 0.5) is 0 Å². The lowest BCUT2D eigenvalue weighted by Crippen LogP contribution is -2.58. The number of aliphatic hydroxyl groups is 1. The minimum atomic E-state index is -0.954. The summed E-state index contributed by atoms with van der Waals surface area (Å²) in [6.07, 6.45) is 5.14. The second-order valence-electron chi connectivity index (χ2n) is 13.0. The molecule has 42 heavy (non-hydrogen) atoms. The zero-order valence-electron chi connectivity index (χ0n) is 24.7. The van der Waals surface area contributed by atoms with Crippen molar-refractivity contribution in [2.45, 2.75) is 84.1 Å². The summed E-state index contributed by atoms with van der Waals surface area (Å²) in [5.74, 6) is 0.139. The maximum absolute atomic E-state index is 13.3. The van der Waals surface area contributed by atoms with Crippen LogP contribution in [0.5, 0.6) is 11.6 Å². The van der Waals surface area contributed by atoms with E-state index in [4.69, 9.17) is 15.2 Å². The van der Waals surface area contributed by atoms with Crippen molar-refractivity contribution < 1.29 is 24.2 Å². The number of nitrogens with zero attached hydrogens (tertiary/aromatic N) is 4. The van der Waals surface area contributed by atoms with Crippen LogP contribution in [-0.4, -0.2) is 60.7 Å². The number of aromatic nitrogens is 4. The van der Waals surface area contributed by atoms with Crippen molar-refractivity contribution in [3.8, 4) is 11.6 Å². The van der Waals surface area contributed by atoms with Crippen molar-refractivity contribution in [3.05, 3.63) is 53.3 Å². The highest BCUT2D eigenvalue weighted by molar-refractivity contribution is 6.05. The summed E-state index contributed by atoms with van der Waals surface area (Å²) in [4.78, 5) is 25.5. The van der Waals surface area contributed by atoms with Crippen molar-refractivity contribution in [3.63, 3.8) is 0 Å². The smallest absolute Gasteiger partial charge is 0.272 e. The number of carbonyl (C=O) groups excluding carboxylic acids is 2. The zero-order valence-corrected chi connectivity index (χ0v) is 24.7. The van der Waals surface area contributed by atoms with E-state index in [1.165, 1.54) is 0 Å². The third-order valence-electron chi connectivity index (χ3n) is 8.27. The first-order valence-electron chi connectivity index (χ1n) is 14.4. The van der Waals surface area contributed by atoms with Crippen molar-refractivity contribution >= 4 is 28.2 Å². The Hall–Kier alpha value is -4.12. The molecule has 1 spiro atoms. The number of rotatable bonds is 9. The zero-order chi connectivity index (χ0) is 30.0. The molecule has 4 N–H and O–H groups in total. The fourth-order valence-corrected chi connectivity index (χ4v) is 6.29. The first kappa shape index (κ1) is 28.0. The van der Waals surface area contributed by atoms with Crippen molar-refractivity contribution in [1.29, 1.82) is 0 Å². The molecule has 0 unspecified atom stereocenters. The Morgan fingerprint density at radius 1 is 1.14 bits per heavy atom. The van der Waals surface area contributed by atoms with Crippen LogP contribution in [0.3, 0.4) is 0 Å². The maximum atomic E-state index is 13.3. The number of hydrogen-bond donors (Lipinski definition) is 3. The predicted octanol–water partition coefficient (Wildman–Crippen LogP) is 3.94. The van der Waals surface area contributed by atoms with Crippen LogP contribution in [0.25, 0.3) is 16.4 Å². The third kappa shape index (κ3) is 5.17. The lowest BCUT2D eigenvalue weighted by atomic mass is 9.53. The molecule has 11 nitrogen and oxygen atoms in total. The van der Waals surface area contributed by atoms with Crippen molar-refractivity contribution in [2.24, 2.45) is 11.1 Å². The predicted molar refractivity (Wildman–Crippen MR) is 157 cm³/mol. The lowest BCUT2D eigenvalue weighted by molar-refractivity contribution is -0.0848. The molecule has 0 bridgehead atoms. The Labute approximate surface area is 244 Å². The lowest BCUT2D eigenvalue weighted by Gasteiger charge is -2.57. The van der Waals surface area contributed by atoms with Gasteiger partial charge in [-0.2, -0.15) is 5.10 Å². The molecular formula is C31H38N6O5. The number of pyridine rings is 1. The maximum Gasteiger partial charge on any atom is 0.272 e. The Balaban J connectivity index is 1.08. The van der Waals surface area contributed by atoms with Gasteiger partial charge in [0.05, 0.1) is 16.6 Å². The molecule has 2 fully saturated rings.